The summed E-state index contributed by atoms with van der Waals surface area (Å²) in [5, 5.41) is 0. The maximum absolute atomic E-state index is 14.7. The summed E-state index contributed by atoms with van der Waals surface area (Å²) in [5.41, 5.74) is -2.01. The second-order valence-corrected chi connectivity index (χ2v) is 8.48. The number of benzene rings is 1. The minimum Gasteiger partial charge on any atom is -0.203 e. The van der Waals surface area contributed by atoms with Crippen LogP contribution in [-0.4, -0.2) is 0 Å². The van der Waals surface area contributed by atoms with Gasteiger partial charge < -0.3 is 0 Å². The average molecular weight is 344 g/mol. The maximum Gasteiger partial charge on any atom is 0.169 e. The van der Waals surface area contributed by atoms with Crippen molar-refractivity contribution < 1.29 is 17.6 Å². The van der Waals surface area contributed by atoms with Gasteiger partial charge in [-0.2, -0.15) is 0 Å². The quantitative estimate of drug-likeness (QED) is 0.390. The monoisotopic (exact) mass is 344 g/mol. The molecule has 0 spiro atoms. The van der Waals surface area contributed by atoms with Gasteiger partial charge in [-0.3, -0.25) is 0 Å². The highest BCUT2D eigenvalue weighted by atomic mass is 19.2. The van der Waals surface area contributed by atoms with E-state index in [9.17, 15) is 17.6 Å². The highest BCUT2D eigenvalue weighted by molar-refractivity contribution is 5.63. The van der Waals surface area contributed by atoms with Crippen molar-refractivity contribution in [2.45, 2.75) is 67.2 Å². The van der Waals surface area contributed by atoms with Gasteiger partial charge in [-0.15, -0.1) is 0 Å². The molecule has 0 radical (unpaired) electrons. The standard InChI is InChI=1S/C20H28F4/c1-9-20(7,8)12(10-19(4,5)6)14-17(23)15(21)13(11(2)3)16(22)18(14)24/h12H,2,9-10H2,1,3-8H3. The van der Waals surface area contributed by atoms with E-state index in [4.69, 9.17) is 0 Å². The van der Waals surface area contributed by atoms with Crippen molar-refractivity contribution >= 4 is 5.57 Å². The molecule has 0 amide bonds. The lowest BCUT2D eigenvalue weighted by Gasteiger charge is -2.38. The van der Waals surface area contributed by atoms with E-state index in [2.05, 4.69) is 6.58 Å². The number of hydrogen-bond donors (Lipinski definition) is 0. The Bertz CT molecular complexity index is 607. The van der Waals surface area contributed by atoms with E-state index in [1.807, 2.05) is 41.5 Å². The van der Waals surface area contributed by atoms with E-state index in [1.165, 1.54) is 6.92 Å². The molecule has 0 bridgehead atoms. The Kier molecular flexibility index (Phi) is 5.95. The summed E-state index contributed by atoms with van der Waals surface area (Å²) in [6.45, 7) is 16.2. The SMILES string of the molecule is C=C(C)c1c(F)c(F)c(C(CC(C)(C)C)C(C)(C)CC)c(F)c1F. The molecule has 24 heavy (non-hydrogen) atoms. The Hall–Kier alpha value is -1.32. The van der Waals surface area contributed by atoms with Gasteiger partial charge >= 0.3 is 0 Å². The first-order valence-electron chi connectivity index (χ1n) is 8.26. The van der Waals surface area contributed by atoms with Crippen molar-refractivity contribution in [3.8, 4) is 0 Å². The Labute approximate surface area is 143 Å². The lowest BCUT2D eigenvalue weighted by molar-refractivity contribution is 0.193. The largest absolute Gasteiger partial charge is 0.203 e. The number of rotatable bonds is 5. The predicted octanol–water partition coefficient (Wildman–Crippen LogP) is 7.23. The molecule has 1 aromatic carbocycles. The third-order valence-corrected chi connectivity index (χ3v) is 4.74. The molecule has 4 heteroatoms. The second-order valence-electron chi connectivity index (χ2n) is 8.48. The fourth-order valence-electron chi connectivity index (χ4n) is 2.96. The molecule has 1 rings (SSSR count). The van der Waals surface area contributed by atoms with Crippen LogP contribution in [0.25, 0.3) is 5.57 Å². The van der Waals surface area contributed by atoms with E-state index < -0.39 is 45.7 Å². The Balaban J connectivity index is 3.75. The lowest BCUT2D eigenvalue weighted by Crippen LogP contribution is -2.28. The highest BCUT2D eigenvalue weighted by Gasteiger charge is 2.39. The molecule has 0 aliphatic heterocycles. The van der Waals surface area contributed by atoms with Gasteiger partial charge in [-0.1, -0.05) is 54.5 Å². The molecule has 0 fully saturated rings. The molecule has 1 unspecified atom stereocenters. The van der Waals surface area contributed by atoms with Crippen LogP contribution in [0.3, 0.4) is 0 Å². The normalized spacial score (nSPS) is 14.0. The summed E-state index contributed by atoms with van der Waals surface area (Å²) in [7, 11) is 0. The number of halogens is 4. The molecule has 0 saturated carbocycles. The zero-order valence-electron chi connectivity index (χ0n) is 15.7. The molecule has 0 N–H and O–H groups in total. The molecule has 0 aliphatic carbocycles. The van der Waals surface area contributed by atoms with Crippen LogP contribution in [0.1, 0.15) is 78.4 Å². The minimum atomic E-state index is -1.36. The van der Waals surface area contributed by atoms with E-state index >= 15 is 0 Å². The van der Waals surface area contributed by atoms with Gasteiger partial charge in [0, 0.05) is 5.56 Å². The molecule has 0 heterocycles. The van der Waals surface area contributed by atoms with Crippen LogP contribution in [0, 0.1) is 34.1 Å². The first-order valence-corrected chi connectivity index (χ1v) is 8.26. The van der Waals surface area contributed by atoms with Crippen molar-refractivity contribution in [2.24, 2.45) is 10.8 Å². The Morgan fingerprint density at radius 2 is 1.33 bits per heavy atom. The van der Waals surface area contributed by atoms with Gasteiger partial charge in [0.15, 0.2) is 23.3 Å². The van der Waals surface area contributed by atoms with Gasteiger partial charge in [0.25, 0.3) is 0 Å². The molecule has 0 saturated heterocycles. The van der Waals surface area contributed by atoms with Crippen molar-refractivity contribution in [1.82, 2.24) is 0 Å². The third kappa shape index (κ3) is 4.01. The fraction of sp³-hybridized carbons (Fsp3) is 0.600. The molecular formula is C20H28F4. The van der Waals surface area contributed by atoms with E-state index in [0.29, 0.717) is 12.8 Å². The summed E-state index contributed by atoms with van der Waals surface area (Å²) in [5.74, 6) is -5.97. The first-order chi connectivity index (χ1) is 10.7. The highest BCUT2D eigenvalue weighted by Crippen LogP contribution is 2.48. The smallest absolute Gasteiger partial charge is 0.169 e. The van der Waals surface area contributed by atoms with Gasteiger partial charge in [-0.25, -0.2) is 17.6 Å². The van der Waals surface area contributed by atoms with E-state index in [1.54, 1.807) is 0 Å². The van der Waals surface area contributed by atoms with Crippen LogP contribution >= 0.6 is 0 Å². The lowest BCUT2D eigenvalue weighted by atomic mass is 9.66. The topological polar surface area (TPSA) is 0 Å². The van der Waals surface area contributed by atoms with E-state index in [0.717, 1.165) is 0 Å². The van der Waals surface area contributed by atoms with Crippen LogP contribution in [-0.2, 0) is 0 Å². The molecule has 136 valence electrons. The molecule has 0 aromatic heterocycles. The Morgan fingerprint density at radius 3 is 1.62 bits per heavy atom. The minimum absolute atomic E-state index is 0.0449. The summed E-state index contributed by atoms with van der Waals surface area (Å²) < 4.78 is 58.3. The van der Waals surface area contributed by atoms with Crippen LogP contribution < -0.4 is 0 Å². The van der Waals surface area contributed by atoms with Crippen LogP contribution in [0.5, 0.6) is 0 Å². The molecule has 1 atom stereocenters. The third-order valence-electron chi connectivity index (χ3n) is 4.74. The Morgan fingerprint density at radius 1 is 0.917 bits per heavy atom. The van der Waals surface area contributed by atoms with Crippen LogP contribution in [0.15, 0.2) is 6.58 Å². The number of hydrogen-bond acceptors (Lipinski definition) is 0. The number of allylic oxidation sites excluding steroid dienone is 1. The molecule has 0 nitrogen and oxygen atoms in total. The van der Waals surface area contributed by atoms with Gasteiger partial charge in [0.05, 0.1) is 5.56 Å². The average Bonchev–Trinajstić information content (AvgIpc) is 2.43. The first kappa shape index (κ1) is 20.7. The maximum atomic E-state index is 14.7. The summed E-state index contributed by atoms with van der Waals surface area (Å²) in [6, 6.07) is 0. The summed E-state index contributed by atoms with van der Waals surface area (Å²) in [6.07, 6.45) is 1.03. The van der Waals surface area contributed by atoms with Crippen molar-refractivity contribution in [3.05, 3.63) is 41.0 Å². The van der Waals surface area contributed by atoms with Crippen LogP contribution in [0.2, 0.25) is 0 Å². The van der Waals surface area contributed by atoms with Gasteiger partial charge in [-0.05, 0) is 35.7 Å². The fourth-order valence-corrected chi connectivity index (χ4v) is 2.96. The predicted molar refractivity (Wildman–Crippen MR) is 91.9 cm³/mol. The van der Waals surface area contributed by atoms with Gasteiger partial charge in [0.2, 0.25) is 0 Å². The summed E-state index contributed by atoms with van der Waals surface area (Å²) in [4.78, 5) is 0. The van der Waals surface area contributed by atoms with E-state index in [-0.39, 0.29) is 11.0 Å². The van der Waals surface area contributed by atoms with Gasteiger partial charge in [0.1, 0.15) is 0 Å². The molecule has 1 aromatic rings. The second kappa shape index (κ2) is 6.89. The zero-order chi connectivity index (χ0) is 19.0. The molecular weight excluding hydrogens is 316 g/mol. The van der Waals surface area contributed by atoms with Crippen molar-refractivity contribution in [2.75, 3.05) is 0 Å². The van der Waals surface area contributed by atoms with Crippen LogP contribution in [0.4, 0.5) is 17.6 Å². The van der Waals surface area contributed by atoms with Crippen molar-refractivity contribution in [1.29, 1.82) is 0 Å². The zero-order valence-corrected chi connectivity index (χ0v) is 15.7. The summed E-state index contributed by atoms with van der Waals surface area (Å²) >= 11 is 0. The molecule has 0 aliphatic rings. The van der Waals surface area contributed by atoms with Crippen molar-refractivity contribution in [3.63, 3.8) is 0 Å².